The summed E-state index contributed by atoms with van der Waals surface area (Å²) in [4.78, 5) is 0. The number of aromatic nitrogens is 2. The summed E-state index contributed by atoms with van der Waals surface area (Å²) in [6.45, 7) is 5.54. The van der Waals surface area contributed by atoms with Crippen molar-refractivity contribution >= 4 is 15.9 Å². The van der Waals surface area contributed by atoms with Crippen LogP contribution in [0.4, 0.5) is 0 Å². The van der Waals surface area contributed by atoms with Crippen molar-refractivity contribution in [1.82, 2.24) is 9.78 Å². The topological polar surface area (TPSA) is 53.1 Å². The molecule has 5 heteroatoms. The number of hydrogen-bond acceptors (Lipinski definition) is 3. The van der Waals surface area contributed by atoms with Gasteiger partial charge in [0, 0.05) is 19.0 Å². The molecule has 0 saturated heterocycles. The molecule has 0 aliphatic carbocycles. The second-order valence-electron chi connectivity index (χ2n) is 4.96. The smallest absolute Gasteiger partial charge is 0.119 e. The first-order chi connectivity index (χ1) is 10.2. The average molecular weight is 352 g/mol. The molecule has 2 rings (SSSR count). The van der Waals surface area contributed by atoms with Gasteiger partial charge < -0.3 is 10.5 Å². The summed E-state index contributed by atoms with van der Waals surface area (Å²) in [6, 6.07) is 9.69. The predicted molar refractivity (Wildman–Crippen MR) is 88.6 cm³/mol. The van der Waals surface area contributed by atoms with E-state index in [0.29, 0.717) is 6.61 Å². The van der Waals surface area contributed by atoms with Crippen molar-refractivity contribution in [2.45, 2.75) is 39.3 Å². The zero-order valence-electron chi connectivity index (χ0n) is 12.6. The predicted octanol–water partition coefficient (Wildman–Crippen LogP) is 3.18. The van der Waals surface area contributed by atoms with Gasteiger partial charge in [0.2, 0.25) is 0 Å². The second-order valence-corrected chi connectivity index (χ2v) is 5.76. The molecule has 1 aromatic carbocycles. The fourth-order valence-electron chi connectivity index (χ4n) is 2.24. The Labute approximate surface area is 134 Å². The maximum Gasteiger partial charge on any atom is 0.119 e. The van der Waals surface area contributed by atoms with Crippen LogP contribution in [0.15, 0.2) is 34.8 Å². The molecular weight excluding hydrogens is 330 g/mol. The van der Waals surface area contributed by atoms with Gasteiger partial charge in [0.1, 0.15) is 12.4 Å². The number of halogens is 1. The Balaban J connectivity index is 1.99. The van der Waals surface area contributed by atoms with E-state index in [-0.39, 0.29) is 6.04 Å². The van der Waals surface area contributed by atoms with Crippen LogP contribution in [0.5, 0.6) is 5.75 Å². The number of para-hydroxylation sites is 1. The van der Waals surface area contributed by atoms with Crippen LogP contribution in [-0.4, -0.2) is 22.4 Å². The van der Waals surface area contributed by atoms with Gasteiger partial charge in [-0.25, -0.2) is 0 Å². The Bertz CT molecular complexity index is 568. The molecule has 0 fully saturated rings. The molecule has 0 saturated carbocycles. The fourth-order valence-corrected chi connectivity index (χ4v) is 2.97. The number of rotatable bonds is 7. The van der Waals surface area contributed by atoms with Gasteiger partial charge in [-0.15, -0.1) is 0 Å². The molecule has 1 aromatic heterocycles. The molecule has 4 nitrogen and oxygen atoms in total. The maximum absolute atomic E-state index is 6.21. The van der Waals surface area contributed by atoms with E-state index in [1.54, 1.807) is 0 Å². The van der Waals surface area contributed by atoms with Gasteiger partial charge in [-0.1, -0.05) is 25.1 Å². The van der Waals surface area contributed by atoms with E-state index in [2.05, 4.69) is 34.9 Å². The van der Waals surface area contributed by atoms with E-state index < -0.39 is 0 Å². The Morgan fingerprint density at radius 3 is 2.62 bits per heavy atom. The first-order valence-corrected chi connectivity index (χ1v) is 8.12. The summed E-state index contributed by atoms with van der Waals surface area (Å²) in [7, 11) is 0. The molecule has 1 unspecified atom stereocenters. The Kier molecular flexibility index (Phi) is 5.82. The standard InChI is InChI=1S/C16H22BrN3O/c1-3-14-16(17)15(20(4-2)19-14)10-12(18)11-21-13-8-6-5-7-9-13/h5-9,12H,3-4,10-11,18H2,1-2H3. The minimum absolute atomic E-state index is 0.0618. The van der Waals surface area contributed by atoms with Crippen molar-refractivity contribution in [1.29, 1.82) is 0 Å². The van der Waals surface area contributed by atoms with Crippen molar-refractivity contribution in [3.8, 4) is 5.75 Å². The van der Waals surface area contributed by atoms with Gasteiger partial charge in [0.15, 0.2) is 0 Å². The summed E-state index contributed by atoms with van der Waals surface area (Å²) in [5, 5.41) is 4.59. The van der Waals surface area contributed by atoms with Crippen LogP contribution in [0.3, 0.4) is 0 Å². The highest BCUT2D eigenvalue weighted by Crippen LogP contribution is 2.23. The summed E-state index contributed by atoms with van der Waals surface area (Å²) < 4.78 is 8.82. The summed E-state index contributed by atoms with van der Waals surface area (Å²) in [5.41, 5.74) is 8.45. The van der Waals surface area contributed by atoms with Crippen LogP contribution >= 0.6 is 15.9 Å². The van der Waals surface area contributed by atoms with E-state index in [1.165, 1.54) is 0 Å². The van der Waals surface area contributed by atoms with Crippen LogP contribution in [0.2, 0.25) is 0 Å². The van der Waals surface area contributed by atoms with Gasteiger partial charge >= 0.3 is 0 Å². The molecule has 0 amide bonds. The number of aryl methyl sites for hydroxylation is 2. The number of hydrogen-bond donors (Lipinski definition) is 1. The highest BCUT2D eigenvalue weighted by atomic mass is 79.9. The molecule has 0 bridgehead atoms. The second kappa shape index (κ2) is 7.61. The molecule has 0 aliphatic heterocycles. The van der Waals surface area contributed by atoms with Crippen LogP contribution in [0.1, 0.15) is 25.2 Å². The lowest BCUT2D eigenvalue weighted by Gasteiger charge is -2.14. The molecule has 0 aliphatic rings. The lowest BCUT2D eigenvalue weighted by atomic mass is 10.1. The third-order valence-corrected chi connectivity index (χ3v) is 4.27. The van der Waals surface area contributed by atoms with Crippen LogP contribution in [0, 0.1) is 0 Å². The minimum atomic E-state index is -0.0618. The molecule has 2 N–H and O–H groups in total. The van der Waals surface area contributed by atoms with Crippen molar-refractivity contribution in [3.05, 3.63) is 46.2 Å². The molecule has 21 heavy (non-hydrogen) atoms. The molecule has 0 radical (unpaired) electrons. The molecule has 1 heterocycles. The third-order valence-electron chi connectivity index (χ3n) is 3.36. The molecule has 0 spiro atoms. The fraction of sp³-hybridized carbons (Fsp3) is 0.438. The van der Waals surface area contributed by atoms with E-state index in [4.69, 9.17) is 10.5 Å². The van der Waals surface area contributed by atoms with Gasteiger partial charge in [0.25, 0.3) is 0 Å². The molecular formula is C16H22BrN3O. The van der Waals surface area contributed by atoms with Crippen LogP contribution < -0.4 is 10.5 Å². The summed E-state index contributed by atoms with van der Waals surface area (Å²) >= 11 is 3.65. The Morgan fingerprint density at radius 2 is 2.00 bits per heavy atom. The van der Waals surface area contributed by atoms with E-state index >= 15 is 0 Å². The molecule has 114 valence electrons. The van der Waals surface area contributed by atoms with Gasteiger partial charge in [-0.05, 0) is 41.4 Å². The number of nitrogens with zero attached hydrogens (tertiary/aromatic N) is 2. The highest BCUT2D eigenvalue weighted by molar-refractivity contribution is 9.10. The van der Waals surface area contributed by atoms with Crippen molar-refractivity contribution in [2.75, 3.05) is 6.61 Å². The Morgan fingerprint density at radius 1 is 1.29 bits per heavy atom. The van der Waals surface area contributed by atoms with Crippen molar-refractivity contribution in [2.24, 2.45) is 5.73 Å². The van der Waals surface area contributed by atoms with Crippen LogP contribution in [-0.2, 0) is 19.4 Å². The summed E-state index contributed by atoms with van der Waals surface area (Å²) in [6.07, 6.45) is 1.66. The zero-order valence-corrected chi connectivity index (χ0v) is 14.1. The van der Waals surface area contributed by atoms with Gasteiger partial charge in [-0.2, -0.15) is 5.10 Å². The average Bonchev–Trinajstić information content (AvgIpc) is 2.82. The zero-order chi connectivity index (χ0) is 15.2. The van der Waals surface area contributed by atoms with E-state index in [1.807, 2.05) is 35.0 Å². The Hall–Kier alpha value is -1.33. The van der Waals surface area contributed by atoms with E-state index in [9.17, 15) is 0 Å². The quantitative estimate of drug-likeness (QED) is 0.833. The SMILES string of the molecule is CCc1nn(CC)c(CC(N)COc2ccccc2)c1Br. The normalized spacial score (nSPS) is 12.4. The van der Waals surface area contributed by atoms with Gasteiger partial charge in [-0.3, -0.25) is 4.68 Å². The van der Waals surface area contributed by atoms with Gasteiger partial charge in [0.05, 0.1) is 15.9 Å². The van der Waals surface area contributed by atoms with Crippen LogP contribution in [0.25, 0.3) is 0 Å². The largest absolute Gasteiger partial charge is 0.492 e. The summed E-state index contributed by atoms with van der Waals surface area (Å²) in [5.74, 6) is 0.852. The maximum atomic E-state index is 6.21. The lowest BCUT2D eigenvalue weighted by molar-refractivity contribution is 0.285. The first kappa shape index (κ1) is 16.0. The third kappa shape index (κ3) is 4.08. The minimum Gasteiger partial charge on any atom is -0.492 e. The number of nitrogens with two attached hydrogens (primary N) is 1. The first-order valence-electron chi connectivity index (χ1n) is 7.33. The number of benzene rings is 1. The monoisotopic (exact) mass is 351 g/mol. The highest BCUT2D eigenvalue weighted by Gasteiger charge is 2.17. The van der Waals surface area contributed by atoms with Crippen molar-refractivity contribution < 1.29 is 4.74 Å². The molecule has 2 aromatic rings. The van der Waals surface area contributed by atoms with Crippen molar-refractivity contribution in [3.63, 3.8) is 0 Å². The molecule has 1 atom stereocenters. The lowest BCUT2D eigenvalue weighted by Crippen LogP contribution is -2.31. The van der Waals surface area contributed by atoms with E-state index in [0.717, 1.165) is 41.0 Å². The number of ether oxygens (including phenoxy) is 1.